The van der Waals surface area contributed by atoms with Gasteiger partial charge in [0.25, 0.3) is 0 Å². The lowest BCUT2D eigenvalue weighted by molar-refractivity contribution is 0.198. The van der Waals surface area contributed by atoms with E-state index in [1.165, 1.54) is 12.8 Å². The predicted molar refractivity (Wildman–Crippen MR) is 120 cm³/mol. The molecule has 2 rings (SSSR count). The highest BCUT2D eigenvalue weighted by atomic mass is 127. The van der Waals surface area contributed by atoms with Gasteiger partial charge in [-0.15, -0.1) is 24.0 Å². The fourth-order valence-electron chi connectivity index (χ4n) is 2.99. The first-order valence-electron chi connectivity index (χ1n) is 9.63. The molecule has 1 aliphatic carbocycles. The number of ether oxygens (including phenoxy) is 2. The number of methoxy groups -OCH3 is 1. The zero-order chi connectivity index (χ0) is 18.8. The van der Waals surface area contributed by atoms with Gasteiger partial charge < -0.3 is 25.2 Å². The number of halogens is 1. The van der Waals surface area contributed by atoms with Gasteiger partial charge >= 0.3 is 0 Å². The number of guanidine groups is 1. The molecule has 1 atom stereocenters. The van der Waals surface area contributed by atoms with E-state index < -0.39 is 0 Å². The van der Waals surface area contributed by atoms with Crippen LogP contribution in [-0.4, -0.2) is 44.0 Å². The zero-order valence-corrected chi connectivity index (χ0v) is 19.0. The highest BCUT2D eigenvalue weighted by Crippen LogP contribution is 2.35. The Hall–Kier alpha value is -1.22. The summed E-state index contributed by atoms with van der Waals surface area (Å²) in [5.74, 6) is 2.49. The molecule has 27 heavy (non-hydrogen) atoms. The predicted octanol–water partition coefficient (Wildman–Crippen LogP) is 3.32. The van der Waals surface area contributed by atoms with E-state index in [-0.39, 0.29) is 42.6 Å². The number of hydrogen-bond donors (Lipinski definition) is 3. The van der Waals surface area contributed by atoms with Crippen molar-refractivity contribution in [2.45, 2.75) is 52.2 Å². The highest BCUT2D eigenvalue weighted by molar-refractivity contribution is 14.0. The maximum atomic E-state index is 9.18. The number of hydrogen-bond acceptors (Lipinski definition) is 4. The summed E-state index contributed by atoms with van der Waals surface area (Å²) in [6, 6.07) is 5.94. The highest BCUT2D eigenvalue weighted by Gasteiger charge is 2.20. The van der Waals surface area contributed by atoms with Crippen LogP contribution in [0.15, 0.2) is 23.2 Å². The first-order valence-corrected chi connectivity index (χ1v) is 9.63. The molecule has 1 fully saturated rings. The molecule has 1 unspecified atom stereocenters. The summed E-state index contributed by atoms with van der Waals surface area (Å²) < 4.78 is 11.8. The van der Waals surface area contributed by atoms with E-state index in [1.54, 1.807) is 7.11 Å². The van der Waals surface area contributed by atoms with Crippen molar-refractivity contribution in [3.8, 4) is 11.5 Å². The lowest BCUT2D eigenvalue weighted by Gasteiger charge is -2.19. The van der Waals surface area contributed by atoms with Crippen molar-refractivity contribution >= 4 is 29.9 Å². The van der Waals surface area contributed by atoms with Gasteiger partial charge in [-0.3, -0.25) is 0 Å². The molecule has 0 radical (unpaired) electrons. The number of rotatable bonds is 9. The second-order valence-electron chi connectivity index (χ2n) is 6.84. The van der Waals surface area contributed by atoms with Crippen LogP contribution >= 0.6 is 24.0 Å². The Kier molecular flexibility index (Phi) is 11.5. The average molecular weight is 491 g/mol. The first kappa shape index (κ1) is 23.8. The van der Waals surface area contributed by atoms with Gasteiger partial charge in [0.2, 0.25) is 0 Å². The summed E-state index contributed by atoms with van der Waals surface area (Å²) in [7, 11) is 1.67. The molecule has 0 amide bonds. The van der Waals surface area contributed by atoms with Gasteiger partial charge in [0.1, 0.15) is 0 Å². The largest absolute Gasteiger partial charge is 0.493 e. The minimum atomic E-state index is 0. The minimum absolute atomic E-state index is 0. The van der Waals surface area contributed by atoms with E-state index in [9.17, 15) is 5.11 Å². The summed E-state index contributed by atoms with van der Waals surface area (Å²) in [6.07, 6.45) is 4.93. The van der Waals surface area contributed by atoms with Crippen LogP contribution in [0.2, 0.25) is 0 Å². The van der Waals surface area contributed by atoms with Gasteiger partial charge in [0.15, 0.2) is 17.5 Å². The van der Waals surface area contributed by atoms with Gasteiger partial charge in [0.05, 0.1) is 19.8 Å². The summed E-state index contributed by atoms with van der Waals surface area (Å²) in [4.78, 5) is 4.68. The molecule has 0 heterocycles. The van der Waals surface area contributed by atoms with Crippen LogP contribution in [0.3, 0.4) is 0 Å². The third-order valence-electron chi connectivity index (χ3n) is 4.55. The molecule has 7 heteroatoms. The number of aliphatic hydroxyl groups excluding tert-OH is 1. The van der Waals surface area contributed by atoms with Crippen molar-refractivity contribution in [1.29, 1.82) is 0 Å². The molecule has 0 aliphatic heterocycles. The Bertz CT molecular complexity index is 578. The number of aliphatic imine (C=N–C) groups is 1. The van der Waals surface area contributed by atoms with Crippen LogP contribution < -0.4 is 20.1 Å². The zero-order valence-electron chi connectivity index (χ0n) is 16.7. The third kappa shape index (κ3) is 7.73. The van der Waals surface area contributed by atoms with E-state index in [0.717, 1.165) is 42.4 Å². The molecule has 1 saturated carbocycles. The second kappa shape index (κ2) is 13.0. The molecule has 0 saturated heterocycles. The van der Waals surface area contributed by atoms with Crippen LogP contribution in [0.5, 0.6) is 11.5 Å². The number of nitrogens with one attached hydrogen (secondary N) is 2. The Morgan fingerprint density at radius 2 is 2.04 bits per heavy atom. The maximum Gasteiger partial charge on any atom is 0.191 e. The Balaban J connectivity index is 0.00000364. The number of benzene rings is 1. The minimum Gasteiger partial charge on any atom is -0.493 e. The molecule has 0 aromatic heterocycles. The van der Waals surface area contributed by atoms with Gasteiger partial charge in [-0.05, 0) is 44.6 Å². The van der Waals surface area contributed by atoms with Crippen LogP contribution in [0, 0.1) is 5.92 Å². The Morgan fingerprint density at radius 3 is 2.67 bits per heavy atom. The van der Waals surface area contributed by atoms with E-state index in [0.29, 0.717) is 13.1 Å². The summed E-state index contributed by atoms with van der Waals surface area (Å²) in [5, 5.41) is 15.7. The summed E-state index contributed by atoms with van der Waals surface area (Å²) in [6.45, 7) is 6.14. The van der Waals surface area contributed by atoms with Crippen molar-refractivity contribution in [3.05, 3.63) is 23.8 Å². The molecule has 1 aromatic rings. The fourth-order valence-corrected chi connectivity index (χ4v) is 2.99. The van der Waals surface area contributed by atoms with Gasteiger partial charge in [-0.1, -0.05) is 19.1 Å². The fraction of sp³-hybridized carbons (Fsp3) is 0.650. The summed E-state index contributed by atoms with van der Waals surface area (Å²) in [5.41, 5.74) is 1.02. The maximum absolute atomic E-state index is 9.18. The van der Waals surface area contributed by atoms with Crippen LogP contribution in [0.4, 0.5) is 0 Å². The first-order chi connectivity index (χ1) is 12.7. The topological polar surface area (TPSA) is 75.1 Å². The molecule has 6 nitrogen and oxygen atoms in total. The molecule has 154 valence electrons. The third-order valence-corrected chi connectivity index (χ3v) is 4.55. The van der Waals surface area contributed by atoms with Crippen LogP contribution in [0.25, 0.3) is 0 Å². The van der Waals surface area contributed by atoms with Crippen molar-refractivity contribution in [1.82, 2.24) is 10.6 Å². The lowest BCUT2D eigenvalue weighted by Crippen LogP contribution is -2.39. The molecule has 3 N–H and O–H groups in total. The molecule has 0 spiro atoms. The van der Waals surface area contributed by atoms with Gasteiger partial charge in [0, 0.05) is 25.3 Å². The molecular weight excluding hydrogens is 457 g/mol. The normalized spacial score (nSPS) is 15.8. The smallest absolute Gasteiger partial charge is 0.191 e. The van der Waals surface area contributed by atoms with Crippen LogP contribution in [-0.2, 0) is 6.54 Å². The average Bonchev–Trinajstić information content (AvgIpc) is 3.17. The van der Waals surface area contributed by atoms with Crippen molar-refractivity contribution < 1.29 is 14.6 Å². The van der Waals surface area contributed by atoms with Crippen LogP contribution in [0.1, 0.15) is 45.1 Å². The van der Waals surface area contributed by atoms with E-state index in [1.807, 2.05) is 32.0 Å². The quantitative estimate of drug-likeness (QED) is 0.281. The SMILES string of the molecule is CCNC(=NCc1cccc(OC)c1OC1CCCC1)NCC(C)CO.I. The molecule has 1 aliphatic rings. The molecule has 0 bridgehead atoms. The van der Waals surface area contributed by atoms with E-state index in [4.69, 9.17) is 9.47 Å². The standard InChI is InChI=1S/C20H33N3O3.HI/c1-4-21-20(22-12-15(2)14-24)23-13-16-8-7-11-18(25-3)19(16)26-17-9-5-6-10-17;/h7-8,11,15,17,24H,4-6,9-10,12-14H2,1-3H3,(H2,21,22,23);1H. The number of para-hydroxylation sites is 1. The number of nitrogens with zero attached hydrogens (tertiary/aromatic N) is 1. The Morgan fingerprint density at radius 1 is 1.30 bits per heavy atom. The van der Waals surface area contributed by atoms with E-state index >= 15 is 0 Å². The monoisotopic (exact) mass is 491 g/mol. The second-order valence-corrected chi connectivity index (χ2v) is 6.84. The molecule has 1 aromatic carbocycles. The van der Waals surface area contributed by atoms with E-state index in [2.05, 4.69) is 15.6 Å². The van der Waals surface area contributed by atoms with Crippen molar-refractivity contribution in [2.75, 3.05) is 26.8 Å². The van der Waals surface area contributed by atoms with Crippen molar-refractivity contribution in [3.63, 3.8) is 0 Å². The number of aliphatic hydroxyl groups is 1. The van der Waals surface area contributed by atoms with Crippen molar-refractivity contribution in [2.24, 2.45) is 10.9 Å². The van der Waals surface area contributed by atoms with Gasteiger partial charge in [-0.2, -0.15) is 0 Å². The molecular formula is C20H34IN3O3. The Labute approximate surface area is 180 Å². The summed E-state index contributed by atoms with van der Waals surface area (Å²) >= 11 is 0. The van der Waals surface area contributed by atoms with Gasteiger partial charge in [-0.25, -0.2) is 4.99 Å². The lowest BCUT2D eigenvalue weighted by atomic mass is 10.1.